The van der Waals surface area contributed by atoms with Crippen molar-refractivity contribution in [1.29, 1.82) is 0 Å². The summed E-state index contributed by atoms with van der Waals surface area (Å²) in [6.07, 6.45) is 0. The van der Waals surface area contributed by atoms with E-state index >= 15 is 0 Å². The number of hydrogen-bond donors (Lipinski definition) is 1. The van der Waals surface area contributed by atoms with Gasteiger partial charge in [0.1, 0.15) is 12.4 Å². The number of anilines is 1. The Morgan fingerprint density at radius 1 is 1.24 bits per heavy atom. The van der Waals surface area contributed by atoms with Gasteiger partial charge in [0.25, 0.3) is 0 Å². The summed E-state index contributed by atoms with van der Waals surface area (Å²) in [5.74, 6) is 2.41. The summed E-state index contributed by atoms with van der Waals surface area (Å²) >= 11 is 0. The van der Waals surface area contributed by atoms with Crippen LogP contribution in [0.1, 0.15) is 25.4 Å². The van der Waals surface area contributed by atoms with Gasteiger partial charge < -0.3 is 14.8 Å². The molecule has 0 aliphatic rings. The second-order valence-corrected chi connectivity index (χ2v) is 4.52. The molecule has 0 aliphatic heterocycles. The molecule has 0 atom stereocenters. The van der Waals surface area contributed by atoms with E-state index in [1.165, 1.54) is 0 Å². The Hall–Kier alpha value is -2.15. The highest BCUT2D eigenvalue weighted by atomic mass is 16.5. The zero-order valence-electron chi connectivity index (χ0n) is 12.9. The number of aryl methyl sites for hydroxylation is 2. The Balaban J connectivity index is 2.24. The van der Waals surface area contributed by atoms with Gasteiger partial charge in [-0.05, 0) is 20.8 Å². The number of nitrogens with zero attached hydrogens (tertiary/aromatic N) is 4. The Bertz CT molecular complexity index is 597. The fraction of sp³-hybridized carbons (Fsp3) is 0.500. The van der Waals surface area contributed by atoms with Crippen LogP contribution in [0.2, 0.25) is 0 Å². The van der Waals surface area contributed by atoms with Crippen LogP contribution in [0.5, 0.6) is 11.8 Å². The van der Waals surface area contributed by atoms with Crippen molar-refractivity contribution in [1.82, 2.24) is 19.7 Å². The first-order chi connectivity index (χ1) is 10.1. The fourth-order valence-electron chi connectivity index (χ4n) is 1.84. The minimum atomic E-state index is 0.358. The van der Waals surface area contributed by atoms with Crippen molar-refractivity contribution >= 4 is 5.82 Å². The van der Waals surface area contributed by atoms with Crippen molar-refractivity contribution in [3.05, 3.63) is 23.7 Å². The smallest absolute Gasteiger partial charge is 0.226 e. The van der Waals surface area contributed by atoms with Gasteiger partial charge in [0.2, 0.25) is 11.8 Å². The average molecular weight is 291 g/mol. The lowest BCUT2D eigenvalue weighted by Crippen LogP contribution is -2.06. The lowest BCUT2D eigenvalue weighted by Gasteiger charge is -2.09. The summed E-state index contributed by atoms with van der Waals surface area (Å²) in [6, 6.07) is 3.62. The zero-order chi connectivity index (χ0) is 15.2. The highest BCUT2D eigenvalue weighted by Crippen LogP contribution is 2.22. The zero-order valence-corrected chi connectivity index (χ0v) is 12.9. The quantitative estimate of drug-likeness (QED) is 0.843. The number of hydrogen-bond acceptors (Lipinski definition) is 6. The molecule has 2 rings (SSSR count). The minimum absolute atomic E-state index is 0.358. The van der Waals surface area contributed by atoms with Crippen LogP contribution in [0.25, 0.3) is 0 Å². The van der Waals surface area contributed by atoms with E-state index < -0.39 is 0 Å². The molecule has 0 radical (unpaired) electrons. The van der Waals surface area contributed by atoms with E-state index in [0.717, 1.165) is 18.1 Å². The molecule has 114 valence electrons. The number of rotatable bonds is 7. The van der Waals surface area contributed by atoms with Gasteiger partial charge in [0, 0.05) is 32.3 Å². The molecule has 0 fully saturated rings. The van der Waals surface area contributed by atoms with E-state index in [4.69, 9.17) is 9.47 Å². The standard InChI is InChI=1S/C14H21N5O2/c1-5-15-11-8-13(17-12(16-11)9-20-6-2)21-14-7-10(3)18-19(14)4/h7-8H,5-6,9H2,1-4H3,(H,15,16,17). The van der Waals surface area contributed by atoms with Gasteiger partial charge in [0.05, 0.1) is 5.69 Å². The predicted molar refractivity (Wildman–Crippen MR) is 79.5 cm³/mol. The van der Waals surface area contributed by atoms with Crippen LogP contribution >= 0.6 is 0 Å². The van der Waals surface area contributed by atoms with Gasteiger partial charge in [-0.1, -0.05) is 0 Å². The summed E-state index contributed by atoms with van der Waals surface area (Å²) in [6.45, 7) is 7.61. The molecule has 0 spiro atoms. The van der Waals surface area contributed by atoms with Crippen LogP contribution in [0.15, 0.2) is 12.1 Å². The molecule has 2 heterocycles. The molecule has 0 amide bonds. The van der Waals surface area contributed by atoms with E-state index in [2.05, 4.69) is 20.4 Å². The average Bonchev–Trinajstić information content (AvgIpc) is 2.75. The molecular weight excluding hydrogens is 270 g/mol. The van der Waals surface area contributed by atoms with E-state index in [1.54, 1.807) is 10.7 Å². The second kappa shape index (κ2) is 7.03. The van der Waals surface area contributed by atoms with Gasteiger partial charge in [-0.3, -0.25) is 0 Å². The highest BCUT2D eigenvalue weighted by Gasteiger charge is 2.09. The summed E-state index contributed by atoms with van der Waals surface area (Å²) in [4.78, 5) is 8.74. The summed E-state index contributed by atoms with van der Waals surface area (Å²) in [5.41, 5.74) is 0.892. The van der Waals surface area contributed by atoms with Gasteiger partial charge in [-0.2, -0.15) is 10.1 Å². The molecule has 0 aromatic carbocycles. The van der Waals surface area contributed by atoms with Crippen LogP contribution in [0.3, 0.4) is 0 Å². The SMILES string of the molecule is CCNc1cc(Oc2cc(C)nn2C)nc(COCC)n1. The molecule has 0 aliphatic carbocycles. The summed E-state index contributed by atoms with van der Waals surface area (Å²) in [7, 11) is 1.83. The topological polar surface area (TPSA) is 74.1 Å². The maximum Gasteiger partial charge on any atom is 0.226 e. The molecule has 0 bridgehead atoms. The highest BCUT2D eigenvalue weighted by molar-refractivity contribution is 5.39. The van der Waals surface area contributed by atoms with Crippen LogP contribution in [-0.2, 0) is 18.4 Å². The Morgan fingerprint density at radius 3 is 2.67 bits per heavy atom. The monoisotopic (exact) mass is 291 g/mol. The molecule has 0 unspecified atom stereocenters. The first kappa shape index (κ1) is 15.2. The summed E-state index contributed by atoms with van der Waals surface area (Å²) in [5, 5.41) is 7.41. The van der Waals surface area contributed by atoms with E-state index in [-0.39, 0.29) is 0 Å². The van der Waals surface area contributed by atoms with Crippen molar-refractivity contribution in [3.8, 4) is 11.8 Å². The Morgan fingerprint density at radius 2 is 2.05 bits per heavy atom. The van der Waals surface area contributed by atoms with Crippen molar-refractivity contribution < 1.29 is 9.47 Å². The third-order valence-electron chi connectivity index (χ3n) is 2.71. The van der Waals surface area contributed by atoms with E-state index in [0.29, 0.717) is 30.8 Å². The largest absolute Gasteiger partial charge is 0.421 e. The molecule has 1 N–H and O–H groups in total. The fourth-order valence-corrected chi connectivity index (χ4v) is 1.84. The van der Waals surface area contributed by atoms with Gasteiger partial charge in [-0.15, -0.1) is 0 Å². The number of ether oxygens (including phenoxy) is 2. The maximum atomic E-state index is 5.79. The van der Waals surface area contributed by atoms with Gasteiger partial charge in [-0.25, -0.2) is 9.67 Å². The first-order valence-electron chi connectivity index (χ1n) is 7.00. The Labute approximate surface area is 124 Å². The molecule has 21 heavy (non-hydrogen) atoms. The lowest BCUT2D eigenvalue weighted by atomic mass is 10.5. The molecule has 0 saturated heterocycles. The van der Waals surface area contributed by atoms with Crippen molar-refractivity contribution in [2.45, 2.75) is 27.4 Å². The van der Waals surface area contributed by atoms with E-state index in [1.807, 2.05) is 33.9 Å². The molecule has 7 heteroatoms. The van der Waals surface area contributed by atoms with Crippen molar-refractivity contribution in [2.24, 2.45) is 7.05 Å². The third-order valence-corrected chi connectivity index (χ3v) is 2.71. The predicted octanol–water partition coefficient (Wildman–Crippen LogP) is 2.28. The molecule has 0 saturated carbocycles. The van der Waals surface area contributed by atoms with Gasteiger partial charge in [0.15, 0.2) is 5.82 Å². The summed E-state index contributed by atoms with van der Waals surface area (Å²) < 4.78 is 12.8. The van der Waals surface area contributed by atoms with E-state index in [9.17, 15) is 0 Å². The molecule has 2 aromatic rings. The normalized spacial score (nSPS) is 10.7. The van der Waals surface area contributed by atoms with Crippen LogP contribution in [0, 0.1) is 6.92 Å². The third kappa shape index (κ3) is 4.16. The molecular formula is C14H21N5O2. The lowest BCUT2D eigenvalue weighted by molar-refractivity contribution is 0.128. The molecule has 2 aromatic heterocycles. The van der Waals surface area contributed by atoms with Crippen LogP contribution in [0.4, 0.5) is 5.82 Å². The maximum absolute atomic E-state index is 5.79. The minimum Gasteiger partial charge on any atom is -0.421 e. The van der Waals surface area contributed by atoms with Crippen molar-refractivity contribution in [2.75, 3.05) is 18.5 Å². The second-order valence-electron chi connectivity index (χ2n) is 4.52. The Kier molecular flexibility index (Phi) is 5.10. The first-order valence-corrected chi connectivity index (χ1v) is 7.00. The van der Waals surface area contributed by atoms with Crippen molar-refractivity contribution in [3.63, 3.8) is 0 Å². The van der Waals surface area contributed by atoms with Crippen LogP contribution < -0.4 is 10.1 Å². The number of nitrogens with one attached hydrogen (secondary N) is 1. The number of aromatic nitrogens is 4. The molecule has 7 nitrogen and oxygen atoms in total. The van der Waals surface area contributed by atoms with Gasteiger partial charge >= 0.3 is 0 Å². The van der Waals surface area contributed by atoms with Crippen LogP contribution in [-0.4, -0.2) is 32.9 Å².